The fraction of sp³-hybridized carbons (Fsp3) is 0.467. The summed E-state index contributed by atoms with van der Waals surface area (Å²) in [5.41, 5.74) is -0.488. The molecule has 0 saturated carbocycles. The number of hydrogen-bond acceptors (Lipinski definition) is 4. The summed E-state index contributed by atoms with van der Waals surface area (Å²) in [6.07, 6.45) is 0.465. The molecule has 1 aromatic rings. The molecule has 6 heteroatoms. The third-order valence-electron chi connectivity index (χ3n) is 3.99. The summed E-state index contributed by atoms with van der Waals surface area (Å²) in [4.78, 5) is 34.1. The minimum Gasteiger partial charge on any atom is -0.481 e. The Morgan fingerprint density at radius 3 is 2.29 bits per heavy atom. The molecular weight excluding hydrogens is 274 g/mol. The lowest BCUT2D eigenvalue weighted by Crippen LogP contribution is -2.32. The number of carbonyl (C=O) groups excluding carboxylic acids is 1. The highest BCUT2D eigenvalue weighted by molar-refractivity contribution is 6.02. The van der Waals surface area contributed by atoms with Gasteiger partial charge in [0.15, 0.2) is 5.78 Å². The van der Waals surface area contributed by atoms with Gasteiger partial charge < -0.3 is 5.11 Å². The number of nitro benzene ring substituents is 1. The maximum Gasteiger partial charge on any atom is 0.304 e. The number of aryl methyl sites for hydroxylation is 1. The maximum atomic E-state index is 12.7. The van der Waals surface area contributed by atoms with E-state index in [0.717, 1.165) is 0 Å². The lowest BCUT2D eigenvalue weighted by molar-refractivity contribution is -0.385. The molecule has 0 aliphatic rings. The molecule has 0 aromatic heterocycles. The minimum atomic E-state index is -1.05. The van der Waals surface area contributed by atoms with Crippen LogP contribution >= 0.6 is 0 Å². The molecule has 0 atom stereocenters. The quantitative estimate of drug-likeness (QED) is 0.472. The zero-order chi connectivity index (χ0) is 16.2. The summed E-state index contributed by atoms with van der Waals surface area (Å²) < 4.78 is 0. The average molecular weight is 293 g/mol. The highest BCUT2D eigenvalue weighted by Crippen LogP contribution is 2.35. The van der Waals surface area contributed by atoms with E-state index in [1.807, 2.05) is 0 Å². The number of rotatable bonds is 7. The van der Waals surface area contributed by atoms with E-state index in [1.165, 1.54) is 18.2 Å². The summed E-state index contributed by atoms with van der Waals surface area (Å²) >= 11 is 0. The number of Topliss-reactive ketones (excluding diaryl/α,β-unsaturated/α-hetero) is 1. The average Bonchev–Trinajstić information content (AvgIpc) is 2.44. The van der Waals surface area contributed by atoms with Gasteiger partial charge in [-0.25, -0.2) is 0 Å². The van der Waals surface area contributed by atoms with E-state index in [0.29, 0.717) is 18.4 Å². The van der Waals surface area contributed by atoms with Gasteiger partial charge in [0.05, 0.1) is 11.3 Å². The Balaban J connectivity index is 3.30. The molecule has 0 aliphatic heterocycles. The van der Waals surface area contributed by atoms with E-state index in [1.54, 1.807) is 20.8 Å². The Labute approximate surface area is 122 Å². The third kappa shape index (κ3) is 3.45. The number of nitro groups is 1. The van der Waals surface area contributed by atoms with Crippen molar-refractivity contribution in [2.24, 2.45) is 5.41 Å². The van der Waals surface area contributed by atoms with Crippen LogP contribution in [0.3, 0.4) is 0 Å². The number of carbonyl (C=O) groups is 2. The Morgan fingerprint density at radius 1 is 1.29 bits per heavy atom. The van der Waals surface area contributed by atoms with E-state index in [-0.39, 0.29) is 23.5 Å². The summed E-state index contributed by atoms with van der Waals surface area (Å²) in [7, 11) is 0. The first-order valence-electron chi connectivity index (χ1n) is 6.79. The first-order chi connectivity index (χ1) is 9.77. The van der Waals surface area contributed by atoms with Crippen molar-refractivity contribution in [1.82, 2.24) is 0 Å². The Morgan fingerprint density at radius 2 is 1.86 bits per heavy atom. The second-order valence-electron chi connectivity index (χ2n) is 5.15. The van der Waals surface area contributed by atoms with E-state index >= 15 is 0 Å². The fourth-order valence-corrected chi connectivity index (χ4v) is 2.44. The van der Waals surface area contributed by atoms with Crippen LogP contribution in [-0.2, 0) is 4.79 Å². The van der Waals surface area contributed by atoms with Gasteiger partial charge in [0, 0.05) is 22.6 Å². The van der Waals surface area contributed by atoms with Crippen LogP contribution in [0.4, 0.5) is 5.69 Å². The van der Waals surface area contributed by atoms with E-state index < -0.39 is 16.3 Å². The van der Waals surface area contributed by atoms with Crippen molar-refractivity contribution in [3.05, 3.63) is 39.4 Å². The Hall–Kier alpha value is -2.24. The van der Waals surface area contributed by atoms with E-state index in [4.69, 9.17) is 5.11 Å². The molecule has 1 N–H and O–H groups in total. The van der Waals surface area contributed by atoms with Crippen molar-refractivity contribution in [3.63, 3.8) is 0 Å². The van der Waals surface area contributed by atoms with Gasteiger partial charge in [-0.2, -0.15) is 0 Å². The molecule has 0 fully saturated rings. The van der Waals surface area contributed by atoms with Crippen LogP contribution in [0, 0.1) is 22.5 Å². The van der Waals surface area contributed by atoms with Crippen molar-refractivity contribution in [2.45, 2.75) is 40.0 Å². The maximum absolute atomic E-state index is 12.7. The van der Waals surface area contributed by atoms with Crippen molar-refractivity contribution in [1.29, 1.82) is 0 Å². The number of ketones is 1. The van der Waals surface area contributed by atoms with Gasteiger partial charge in [-0.15, -0.1) is 0 Å². The second-order valence-corrected chi connectivity index (χ2v) is 5.15. The summed E-state index contributed by atoms with van der Waals surface area (Å²) in [6, 6.07) is 4.27. The predicted octanol–water partition coefficient (Wildman–Crippen LogP) is 3.37. The van der Waals surface area contributed by atoms with Gasteiger partial charge in [-0.1, -0.05) is 26.0 Å². The summed E-state index contributed by atoms with van der Waals surface area (Å²) in [6.45, 7) is 5.11. The fourth-order valence-electron chi connectivity index (χ4n) is 2.44. The molecule has 0 spiro atoms. The normalized spacial score (nSPS) is 11.2. The summed E-state index contributed by atoms with van der Waals surface area (Å²) in [5, 5.41) is 20.0. The number of nitrogens with zero attached hydrogens (tertiary/aromatic N) is 1. The van der Waals surface area contributed by atoms with Crippen LogP contribution in [0.25, 0.3) is 0 Å². The molecule has 0 amide bonds. The lowest BCUT2D eigenvalue weighted by Gasteiger charge is -2.28. The molecule has 1 aromatic carbocycles. The van der Waals surface area contributed by atoms with Gasteiger partial charge in [-0.3, -0.25) is 19.7 Å². The topological polar surface area (TPSA) is 97.5 Å². The monoisotopic (exact) mass is 293 g/mol. The zero-order valence-corrected chi connectivity index (χ0v) is 12.4. The molecule has 0 radical (unpaired) electrons. The van der Waals surface area contributed by atoms with E-state index in [9.17, 15) is 19.7 Å². The third-order valence-corrected chi connectivity index (χ3v) is 3.99. The number of carboxylic acid groups (broad SMARTS) is 1. The zero-order valence-electron chi connectivity index (χ0n) is 12.4. The molecule has 0 unspecified atom stereocenters. The molecule has 114 valence electrons. The summed E-state index contributed by atoms with van der Waals surface area (Å²) in [5.74, 6) is -1.40. The lowest BCUT2D eigenvalue weighted by atomic mass is 9.73. The SMILES string of the molecule is CCC(CC)(CC(=O)O)C(=O)c1ccc(C)c([N+](=O)[O-])c1. The minimum absolute atomic E-state index is 0.128. The van der Waals surface area contributed by atoms with Crippen molar-refractivity contribution in [3.8, 4) is 0 Å². The number of hydrogen-bond donors (Lipinski definition) is 1. The highest BCUT2D eigenvalue weighted by atomic mass is 16.6. The van der Waals surface area contributed by atoms with Gasteiger partial charge >= 0.3 is 5.97 Å². The van der Waals surface area contributed by atoms with Crippen molar-refractivity contribution >= 4 is 17.4 Å². The molecule has 6 nitrogen and oxygen atoms in total. The van der Waals surface area contributed by atoms with Crippen molar-refractivity contribution < 1.29 is 19.6 Å². The molecule has 0 saturated heterocycles. The number of benzene rings is 1. The van der Waals surface area contributed by atoms with Crippen LogP contribution in [0.1, 0.15) is 49.0 Å². The van der Waals surface area contributed by atoms with Crippen LogP contribution in [0.5, 0.6) is 0 Å². The second kappa shape index (κ2) is 6.47. The molecule has 1 rings (SSSR count). The molecule has 0 bridgehead atoms. The standard InChI is InChI=1S/C15H19NO5/c1-4-15(5-2,9-13(17)18)14(19)11-7-6-10(3)12(8-11)16(20)21/h6-8H,4-5,9H2,1-3H3,(H,17,18). The van der Waals surface area contributed by atoms with Gasteiger partial charge in [0.2, 0.25) is 0 Å². The molecule has 21 heavy (non-hydrogen) atoms. The van der Waals surface area contributed by atoms with Crippen LogP contribution in [0.2, 0.25) is 0 Å². The number of aliphatic carboxylic acids is 1. The molecule has 0 heterocycles. The largest absolute Gasteiger partial charge is 0.481 e. The van der Waals surface area contributed by atoms with Gasteiger partial charge in [-0.05, 0) is 19.8 Å². The van der Waals surface area contributed by atoms with Crippen LogP contribution in [0.15, 0.2) is 18.2 Å². The van der Waals surface area contributed by atoms with E-state index in [2.05, 4.69) is 0 Å². The smallest absolute Gasteiger partial charge is 0.304 e. The van der Waals surface area contributed by atoms with Gasteiger partial charge in [0.25, 0.3) is 5.69 Å². The van der Waals surface area contributed by atoms with Crippen molar-refractivity contribution in [2.75, 3.05) is 0 Å². The Bertz CT molecular complexity index is 575. The Kier molecular flexibility index (Phi) is 5.18. The van der Waals surface area contributed by atoms with Crippen LogP contribution < -0.4 is 0 Å². The van der Waals surface area contributed by atoms with Gasteiger partial charge in [0.1, 0.15) is 0 Å². The van der Waals surface area contributed by atoms with Crippen LogP contribution in [-0.4, -0.2) is 21.8 Å². The predicted molar refractivity (Wildman–Crippen MR) is 77.4 cm³/mol. The highest BCUT2D eigenvalue weighted by Gasteiger charge is 2.38. The molecular formula is C15H19NO5. The number of carboxylic acids is 1. The first kappa shape index (κ1) is 16.8. The first-order valence-corrected chi connectivity index (χ1v) is 6.79. The molecule has 0 aliphatic carbocycles.